The van der Waals surface area contributed by atoms with E-state index >= 15 is 0 Å². The number of rotatable bonds is 11. The molecule has 1 atom stereocenters. The first-order valence-corrected chi connectivity index (χ1v) is 10.5. The molecule has 0 bridgehead atoms. The summed E-state index contributed by atoms with van der Waals surface area (Å²) in [6, 6.07) is 27.9. The molecule has 6 nitrogen and oxygen atoms in total. The van der Waals surface area contributed by atoms with E-state index in [0.29, 0.717) is 0 Å². The van der Waals surface area contributed by atoms with Crippen LogP contribution in [0.5, 0.6) is 0 Å². The smallest absolute Gasteiger partial charge is 0.348 e. The average Bonchev–Trinajstić information content (AvgIpc) is 2.84. The van der Waals surface area contributed by atoms with E-state index in [4.69, 9.17) is 14.3 Å². The monoisotopic (exact) mass is 433 g/mol. The van der Waals surface area contributed by atoms with E-state index in [0.717, 1.165) is 16.7 Å². The molecule has 166 valence electrons. The summed E-state index contributed by atoms with van der Waals surface area (Å²) in [4.78, 5) is 31.9. The van der Waals surface area contributed by atoms with Gasteiger partial charge in [-0.2, -0.15) is 0 Å². The van der Waals surface area contributed by atoms with E-state index in [1.807, 2.05) is 91.0 Å². The molecule has 0 saturated carbocycles. The Kier molecular flexibility index (Phi) is 8.54. The maximum atomic E-state index is 13.3. The minimum Gasteiger partial charge on any atom is -0.463 e. The fourth-order valence-corrected chi connectivity index (χ4v) is 3.17. The molecule has 3 rings (SSSR count). The highest BCUT2D eigenvalue weighted by molar-refractivity contribution is 6.06. The summed E-state index contributed by atoms with van der Waals surface area (Å²) in [5, 5.41) is 0. The number of esters is 1. The number of amides is 1. The van der Waals surface area contributed by atoms with Crippen LogP contribution < -0.4 is 5.48 Å². The number of carbonyl (C=O) groups is 2. The lowest BCUT2D eigenvalue weighted by molar-refractivity contribution is -0.186. The molecule has 1 N–H and O–H groups in total. The Hall–Kier alpha value is -3.48. The fraction of sp³-hybridized carbons (Fsp3) is 0.231. The first kappa shape index (κ1) is 23.2. The lowest BCUT2D eigenvalue weighted by Crippen LogP contribution is -2.57. The summed E-state index contributed by atoms with van der Waals surface area (Å²) < 4.78 is 11.3. The van der Waals surface area contributed by atoms with Gasteiger partial charge in [0.15, 0.2) is 0 Å². The molecule has 0 fully saturated rings. The Morgan fingerprint density at radius 3 is 1.78 bits per heavy atom. The number of nitrogens with one attached hydrogen (secondary N) is 1. The van der Waals surface area contributed by atoms with Crippen molar-refractivity contribution in [1.82, 2.24) is 5.48 Å². The molecule has 0 aliphatic heterocycles. The Balaban J connectivity index is 1.84. The second-order valence-corrected chi connectivity index (χ2v) is 7.19. The van der Waals surface area contributed by atoms with E-state index in [1.54, 1.807) is 6.92 Å². The summed E-state index contributed by atoms with van der Waals surface area (Å²) in [6.45, 7) is 2.00. The number of hydrogen-bond donors (Lipinski definition) is 1. The Morgan fingerprint density at radius 2 is 1.25 bits per heavy atom. The number of ether oxygens (including phenoxy) is 2. The summed E-state index contributed by atoms with van der Waals surface area (Å²) in [5.41, 5.74) is 2.95. The van der Waals surface area contributed by atoms with E-state index in [2.05, 4.69) is 5.48 Å². The third kappa shape index (κ3) is 6.26. The SMILES string of the molecule is CCOC(=O)C(Cc1ccccc1)(OCc1ccccc1)C(=O)NOCc1ccccc1. The quantitative estimate of drug-likeness (QED) is 0.281. The maximum Gasteiger partial charge on any atom is 0.348 e. The van der Waals surface area contributed by atoms with Crippen LogP contribution in [0.25, 0.3) is 0 Å². The van der Waals surface area contributed by atoms with Gasteiger partial charge in [-0.3, -0.25) is 9.63 Å². The maximum absolute atomic E-state index is 13.3. The van der Waals surface area contributed by atoms with Gasteiger partial charge in [0.2, 0.25) is 5.60 Å². The molecular weight excluding hydrogens is 406 g/mol. The average molecular weight is 434 g/mol. The van der Waals surface area contributed by atoms with Crippen molar-refractivity contribution in [1.29, 1.82) is 0 Å². The number of hydrogen-bond acceptors (Lipinski definition) is 5. The predicted octanol–water partition coefficient (Wildman–Crippen LogP) is 4.00. The van der Waals surface area contributed by atoms with Crippen molar-refractivity contribution >= 4 is 11.9 Å². The van der Waals surface area contributed by atoms with Gasteiger partial charge in [-0.25, -0.2) is 10.3 Å². The van der Waals surface area contributed by atoms with Crippen molar-refractivity contribution in [2.24, 2.45) is 0 Å². The lowest BCUT2D eigenvalue weighted by Gasteiger charge is -2.30. The van der Waals surface area contributed by atoms with E-state index < -0.39 is 17.5 Å². The zero-order chi connectivity index (χ0) is 22.7. The van der Waals surface area contributed by atoms with Crippen molar-refractivity contribution in [3.05, 3.63) is 108 Å². The summed E-state index contributed by atoms with van der Waals surface area (Å²) in [7, 11) is 0. The van der Waals surface area contributed by atoms with E-state index in [9.17, 15) is 9.59 Å². The Labute approximate surface area is 188 Å². The molecule has 32 heavy (non-hydrogen) atoms. The molecule has 1 amide bonds. The minimum atomic E-state index is -1.91. The van der Waals surface area contributed by atoms with Crippen LogP contribution in [-0.2, 0) is 43.5 Å². The molecule has 0 radical (unpaired) electrons. The van der Waals surface area contributed by atoms with Crippen LogP contribution in [0.15, 0.2) is 91.0 Å². The Morgan fingerprint density at radius 1 is 0.750 bits per heavy atom. The van der Waals surface area contributed by atoms with Gasteiger partial charge in [0.05, 0.1) is 19.8 Å². The van der Waals surface area contributed by atoms with Gasteiger partial charge in [0.25, 0.3) is 5.91 Å². The highest BCUT2D eigenvalue weighted by Gasteiger charge is 2.49. The first-order valence-electron chi connectivity index (χ1n) is 10.5. The first-order chi connectivity index (χ1) is 15.6. The molecule has 0 heterocycles. The highest BCUT2D eigenvalue weighted by Crippen LogP contribution is 2.23. The highest BCUT2D eigenvalue weighted by atomic mass is 16.7. The zero-order valence-corrected chi connectivity index (χ0v) is 18.0. The zero-order valence-electron chi connectivity index (χ0n) is 18.0. The van der Waals surface area contributed by atoms with Gasteiger partial charge in [0.1, 0.15) is 0 Å². The van der Waals surface area contributed by atoms with Gasteiger partial charge in [0, 0.05) is 6.42 Å². The summed E-state index contributed by atoms with van der Waals surface area (Å²) >= 11 is 0. The molecule has 0 aliphatic rings. The van der Waals surface area contributed by atoms with E-state index in [1.165, 1.54) is 0 Å². The molecular formula is C26H27NO5. The number of benzene rings is 3. The molecule has 3 aromatic carbocycles. The molecule has 0 saturated heterocycles. The van der Waals surface area contributed by atoms with Gasteiger partial charge in [-0.15, -0.1) is 0 Å². The Bertz CT molecular complexity index is 979. The van der Waals surface area contributed by atoms with Crippen LogP contribution in [0.2, 0.25) is 0 Å². The van der Waals surface area contributed by atoms with Crippen molar-refractivity contribution in [3.63, 3.8) is 0 Å². The summed E-state index contributed by atoms with van der Waals surface area (Å²) in [6.07, 6.45) is 0.0000369. The van der Waals surface area contributed by atoms with Crippen molar-refractivity contribution in [2.75, 3.05) is 6.61 Å². The predicted molar refractivity (Wildman–Crippen MR) is 120 cm³/mol. The number of hydroxylamine groups is 1. The second-order valence-electron chi connectivity index (χ2n) is 7.19. The molecule has 0 spiro atoms. The molecule has 1 unspecified atom stereocenters. The van der Waals surface area contributed by atoms with Crippen LogP contribution >= 0.6 is 0 Å². The minimum absolute atomic E-state index is 0.0000369. The van der Waals surface area contributed by atoms with Crippen molar-refractivity contribution in [3.8, 4) is 0 Å². The lowest BCUT2D eigenvalue weighted by atomic mass is 9.93. The van der Waals surface area contributed by atoms with Crippen molar-refractivity contribution < 1.29 is 23.9 Å². The summed E-state index contributed by atoms with van der Waals surface area (Å²) in [5.74, 6) is -1.48. The topological polar surface area (TPSA) is 73.9 Å². The third-order valence-corrected chi connectivity index (χ3v) is 4.84. The second kappa shape index (κ2) is 11.8. The van der Waals surface area contributed by atoms with E-state index in [-0.39, 0.29) is 26.2 Å². The number of carbonyl (C=O) groups excluding carboxylic acids is 2. The van der Waals surface area contributed by atoms with Gasteiger partial charge in [-0.05, 0) is 23.6 Å². The third-order valence-electron chi connectivity index (χ3n) is 4.84. The molecule has 0 aliphatic carbocycles. The van der Waals surface area contributed by atoms with Crippen molar-refractivity contribution in [2.45, 2.75) is 32.2 Å². The van der Waals surface area contributed by atoms with Crippen LogP contribution in [0, 0.1) is 0 Å². The van der Waals surface area contributed by atoms with Crippen LogP contribution in [0.3, 0.4) is 0 Å². The largest absolute Gasteiger partial charge is 0.463 e. The van der Waals surface area contributed by atoms with Crippen LogP contribution in [-0.4, -0.2) is 24.1 Å². The van der Waals surface area contributed by atoms with Crippen LogP contribution in [0.4, 0.5) is 0 Å². The normalized spacial score (nSPS) is 12.5. The molecule has 3 aromatic rings. The van der Waals surface area contributed by atoms with Gasteiger partial charge >= 0.3 is 5.97 Å². The fourth-order valence-electron chi connectivity index (χ4n) is 3.17. The molecule has 6 heteroatoms. The van der Waals surface area contributed by atoms with Gasteiger partial charge < -0.3 is 9.47 Å². The molecule has 0 aromatic heterocycles. The standard InChI is InChI=1S/C26H27NO5/c1-2-30-25(29)26(18-21-12-6-3-7-13-21,31-19-22-14-8-4-9-15-22)24(28)27-32-20-23-16-10-5-11-17-23/h3-17H,2,18-20H2,1H3,(H,27,28). The van der Waals surface area contributed by atoms with Gasteiger partial charge in [-0.1, -0.05) is 91.0 Å². The van der Waals surface area contributed by atoms with Crippen LogP contribution in [0.1, 0.15) is 23.6 Å².